The summed E-state index contributed by atoms with van der Waals surface area (Å²) in [6.07, 6.45) is 2.46. The van der Waals surface area contributed by atoms with E-state index in [4.69, 9.17) is 5.73 Å². The standard InChI is InChI=1S/C7H13BrIN/c1-4-5(9)2-3-6(10)7(4)8/h4-7H,2-3,10H2,1H3. The molecule has 0 heterocycles. The van der Waals surface area contributed by atoms with Crippen molar-refractivity contribution < 1.29 is 0 Å². The summed E-state index contributed by atoms with van der Waals surface area (Å²) < 4.78 is 0.807. The molecule has 60 valence electrons. The van der Waals surface area contributed by atoms with E-state index in [1.807, 2.05) is 0 Å². The van der Waals surface area contributed by atoms with Crippen LogP contribution in [-0.2, 0) is 0 Å². The van der Waals surface area contributed by atoms with Crippen molar-refractivity contribution >= 4 is 38.5 Å². The molecule has 4 unspecified atom stereocenters. The highest BCUT2D eigenvalue weighted by Gasteiger charge is 2.31. The van der Waals surface area contributed by atoms with Crippen LogP contribution in [0.3, 0.4) is 0 Å². The molecule has 1 aliphatic rings. The van der Waals surface area contributed by atoms with Gasteiger partial charge in [-0.15, -0.1) is 0 Å². The van der Waals surface area contributed by atoms with Crippen molar-refractivity contribution in [3.8, 4) is 0 Å². The zero-order valence-electron chi connectivity index (χ0n) is 6.06. The fourth-order valence-electron chi connectivity index (χ4n) is 1.36. The van der Waals surface area contributed by atoms with Crippen LogP contribution < -0.4 is 5.73 Å². The minimum absolute atomic E-state index is 0.376. The predicted molar refractivity (Wildman–Crippen MR) is 56.9 cm³/mol. The molecule has 1 nitrogen and oxygen atoms in total. The summed E-state index contributed by atoms with van der Waals surface area (Å²) in [4.78, 5) is 0.531. The Balaban J connectivity index is 2.52. The van der Waals surface area contributed by atoms with E-state index in [-0.39, 0.29) is 0 Å². The first-order valence-corrected chi connectivity index (χ1v) is 5.82. The predicted octanol–water partition coefficient (Wildman–Crippen LogP) is 2.31. The van der Waals surface area contributed by atoms with Gasteiger partial charge in [-0.25, -0.2) is 0 Å². The third-order valence-electron chi connectivity index (χ3n) is 2.26. The average molecular weight is 318 g/mol. The van der Waals surface area contributed by atoms with Crippen LogP contribution in [-0.4, -0.2) is 14.8 Å². The summed E-state index contributed by atoms with van der Waals surface area (Å²) >= 11 is 6.15. The van der Waals surface area contributed by atoms with Crippen molar-refractivity contribution in [1.29, 1.82) is 0 Å². The van der Waals surface area contributed by atoms with Crippen LogP contribution in [0.5, 0.6) is 0 Å². The SMILES string of the molecule is CC1C(I)CCC(N)C1Br. The zero-order valence-corrected chi connectivity index (χ0v) is 9.80. The lowest BCUT2D eigenvalue weighted by molar-refractivity contribution is 0.382. The molecule has 0 aliphatic heterocycles. The number of halogens is 2. The van der Waals surface area contributed by atoms with Crippen molar-refractivity contribution in [2.24, 2.45) is 11.7 Å². The van der Waals surface area contributed by atoms with E-state index < -0.39 is 0 Å². The van der Waals surface area contributed by atoms with Crippen molar-refractivity contribution in [3.05, 3.63) is 0 Å². The minimum Gasteiger partial charge on any atom is -0.327 e. The Kier molecular flexibility index (Phi) is 3.44. The summed E-state index contributed by atoms with van der Waals surface area (Å²) in [5, 5.41) is 0. The Morgan fingerprint density at radius 1 is 1.50 bits per heavy atom. The van der Waals surface area contributed by atoms with Gasteiger partial charge in [0, 0.05) is 14.8 Å². The maximum atomic E-state index is 5.88. The summed E-state index contributed by atoms with van der Waals surface area (Å²) in [6, 6.07) is 0.376. The lowest BCUT2D eigenvalue weighted by atomic mass is 9.87. The molecule has 3 heteroatoms. The third-order valence-corrected chi connectivity index (χ3v) is 5.53. The first kappa shape index (κ1) is 9.26. The molecular formula is C7H13BrIN. The second-order valence-electron chi connectivity index (χ2n) is 3.06. The lowest BCUT2D eigenvalue weighted by Gasteiger charge is -2.33. The largest absolute Gasteiger partial charge is 0.327 e. The van der Waals surface area contributed by atoms with Crippen LogP contribution in [0.1, 0.15) is 19.8 Å². The number of alkyl halides is 2. The second-order valence-corrected chi connectivity index (χ2v) is 5.72. The maximum Gasteiger partial charge on any atom is 0.0332 e. The Labute approximate surface area is 84.4 Å². The molecule has 0 aromatic rings. The van der Waals surface area contributed by atoms with Crippen LogP contribution >= 0.6 is 38.5 Å². The van der Waals surface area contributed by atoms with Crippen LogP contribution in [0.15, 0.2) is 0 Å². The fraction of sp³-hybridized carbons (Fsp3) is 1.00. The number of rotatable bonds is 0. The van der Waals surface area contributed by atoms with Gasteiger partial charge in [0.2, 0.25) is 0 Å². The van der Waals surface area contributed by atoms with Gasteiger partial charge in [-0.3, -0.25) is 0 Å². The molecule has 1 fully saturated rings. The smallest absolute Gasteiger partial charge is 0.0332 e. The molecular weight excluding hydrogens is 305 g/mol. The van der Waals surface area contributed by atoms with E-state index >= 15 is 0 Å². The van der Waals surface area contributed by atoms with Gasteiger partial charge in [-0.2, -0.15) is 0 Å². The first-order chi connectivity index (χ1) is 4.63. The second kappa shape index (κ2) is 3.72. The Morgan fingerprint density at radius 2 is 2.10 bits per heavy atom. The molecule has 2 N–H and O–H groups in total. The molecule has 1 aliphatic carbocycles. The van der Waals surface area contributed by atoms with E-state index in [2.05, 4.69) is 45.4 Å². The van der Waals surface area contributed by atoms with Gasteiger partial charge in [0.15, 0.2) is 0 Å². The van der Waals surface area contributed by atoms with Crippen molar-refractivity contribution in [2.45, 2.75) is 34.6 Å². The highest BCUT2D eigenvalue weighted by Crippen LogP contribution is 2.33. The van der Waals surface area contributed by atoms with Gasteiger partial charge in [0.25, 0.3) is 0 Å². The van der Waals surface area contributed by atoms with E-state index in [0.29, 0.717) is 10.9 Å². The van der Waals surface area contributed by atoms with Crippen LogP contribution in [0, 0.1) is 5.92 Å². The van der Waals surface area contributed by atoms with E-state index in [1.54, 1.807) is 0 Å². The number of nitrogens with two attached hydrogens (primary N) is 1. The van der Waals surface area contributed by atoms with Crippen LogP contribution in [0.2, 0.25) is 0 Å². The fourth-order valence-corrected chi connectivity index (χ4v) is 3.37. The molecule has 4 atom stereocenters. The zero-order chi connectivity index (χ0) is 7.72. The monoisotopic (exact) mass is 317 g/mol. The Hall–Kier alpha value is 1.17. The molecule has 1 saturated carbocycles. The van der Waals surface area contributed by atoms with Crippen LogP contribution in [0.25, 0.3) is 0 Å². The van der Waals surface area contributed by atoms with Crippen molar-refractivity contribution in [1.82, 2.24) is 0 Å². The van der Waals surface area contributed by atoms with E-state index in [1.165, 1.54) is 12.8 Å². The van der Waals surface area contributed by atoms with Gasteiger partial charge in [-0.05, 0) is 18.8 Å². The molecule has 0 spiro atoms. The molecule has 0 radical (unpaired) electrons. The Bertz CT molecular complexity index is 106. The van der Waals surface area contributed by atoms with E-state index in [0.717, 1.165) is 9.84 Å². The number of hydrogen-bond donors (Lipinski definition) is 1. The lowest BCUT2D eigenvalue weighted by Crippen LogP contribution is -2.42. The van der Waals surface area contributed by atoms with Crippen LogP contribution in [0.4, 0.5) is 0 Å². The molecule has 0 aromatic carbocycles. The average Bonchev–Trinajstić information content (AvgIpc) is 1.93. The number of hydrogen-bond acceptors (Lipinski definition) is 1. The molecule has 0 aromatic heterocycles. The topological polar surface area (TPSA) is 26.0 Å². The molecule has 0 bridgehead atoms. The quantitative estimate of drug-likeness (QED) is 0.538. The highest BCUT2D eigenvalue weighted by molar-refractivity contribution is 14.1. The first-order valence-electron chi connectivity index (χ1n) is 3.66. The summed E-state index contributed by atoms with van der Waals surface area (Å²) in [5.41, 5.74) is 5.88. The summed E-state index contributed by atoms with van der Waals surface area (Å²) in [7, 11) is 0. The molecule has 0 saturated heterocycles. The highest BCUT2D eigenvalue weighted by atomic mass is 127. The van der Waals surface area contributed by atoms with Gasteiger partial charge in [0.05, 0.1) is 0 Å². The Morgan fingerprint density at radius 3 is 2.60 bits per heavy atom. The molecule has 1 rings (SSSR count). The van der Waals surface area contributed by atoms with Gasteiger partial charge >= 0.3 is 0 Å². The van der Waals surface area contributed by atoms with Gasteiger partial charge in [-0.1, -0.05) is 45.4 Å². The normalized spacial score (nSPS) is 49.2. The molecule has 0 amide bonds. The van der Waals surface area contributed by atoms with Gasteiger partial charge < -0.3 is 5.73 Å². The summed E-state index contributed by atoms with van der Waals surface area (Å²) in [6.45, 7) is 2.27. The van der Waals surface area contributed by atoms with Crippen molar-refractivity contribution in [3.63, 3.8) is 0 Å². The van der Waals surface area contributed by atoms with E-state index in [9.17, 15) is 0 Å². The minimum atomic E-state index is 0.376. The van der Waals surface area contributed by atoms with Gasteiger partial charge in [0.1, 0.15) is 0 Å². The maximum absolute atomic E-state index is 5.88. The van der Waals surface area contributed by atoms with Crippen molar-refractivity contribution in [2.75, 3.05) is 0 Å². The third kappa shape index (κ3) is 1.85. The summed E-state index contributed by atoms with van der Waals surface area (Å²) in [5.74, 6) is 0.726. The molecule has 10 heavy (non-hydrogen) atoms.